The summed E-state index contributed by atoms with van der Waals surface area (Å²) in [5, 5.41) is 0.795. The predicted molar refractivity (Wildman–Crippen MR) is 88.6 cm³/mol. The largest absolute Gasteiger partial charge is 0.349 e. The SMILES string of the molecule is CN(C)C(=NCC(C)(C)Cc1cccc(Cl)c1)N(C)C. The van der Waals surface area contributed by atoms with Crippen molar-refractivity contribution in [1.29, 1.82) is 0 Å². The molecule has 20 heavy (non-hydrogen) atoms. The number of aliphatic imine (C=N–C) groups is 1. The van der Waals surface area contributed by atoms with Gasteiger partial charge in [0.1, 0.15) is 0 Å². The Hall–Kier alpha value is -1.22. The maximum absolute atomic E-state index is 6.04. The summed E-state index contributed by atoms with van der Waals surface area (Å²) in [6, 6.07) is 8.07. The lowest BCUT2D eigenvalue weighted by atomic mass is 9.86. The quantitative estimate of drug-likeness (QED) is 0.626. The van der Waals surface area contributed by atoms with Crippen molar-refractivity contribution in [2.24, 2.45) is 10.4 Å². The molecule has 0 aliphatic rings. The Balaban J connectivity index is 2.76. The lowest BCUT2D eigenvalue weighted by Gasteiger charge is -2.27. The highest BCUT2D eigenvalue weighted by molar-refractivity contribution is 6.30. The van der Waals surface area contributed by atoms with Crippen LogP contribution in [-0.4, -0.2) is 50.5 Å². The zero-order chi connectivity index (χ0) is 15.3. The fourth-order valence-electron chi connectivity index (χ4n) is 2.22. The Morgan fingerprint density at radius 3 is 2.25 bits per heavy atom. The van der Waals surface area contributed by atoms with Crippen molar-refractivity contribution >= 4 is 17.6 Å². The van der Waals surface area contributed by atoms with Gasteiger partial charge in [0.05, 0.1) is 0 Å². The van der Waals surface area contributed by atoms with Gasteiger partial charge in [-0.3, -0.25) is 4.99 Å². The highest BCUT2D eigenvalue weighted by Gasteiger charge is 2.19. The van der Waals surface area contributed by atoms with Crippen molar-refractivity contribution in [3.8, 4) is 0 Å². The van der Waals surface area contributed by atoms with Crippen LogP contribution in [-0.2, 0) is 6.42 Å². The molecule has 4 heteroatoms. The number of guanidine groups is 1. The van der Waals surface area contributed by atoms with E-state index in [0.29, 0.717) is 0 Å². The molecule has 1 aromatic carbocycles. The molecule has 0 radical (unpaired) electrons. The van der Waals surface area contributed by atoms with Crippen molar-refractivity contribution in [3.63, 3.8) is 0 Å². The van der Waals surface area contributed by atoms with E-state index in [1.165, 1.54) is 5.56 Å². The first-order valence-electron chi connectivity index (χ1n) is 6.85. The fraction of sp³-hybridized carbons (Fsp3) is 0.562. The zero-order valence-corrected chi connectivity index (χ0v) is 14.2. The van der Waals surface area contributed by atoms with Crippen LogP contribution in [0.1, 0.15) is 19.4 Å². The number of halogens is 1. The summed E-state index contributed by atoms with van der Waals surface area (Å²) in [6.45, 7) is 5.26. The Morgan fingerprint density at radius 2 is 1.75 bits per heavy atom. The first kappa shape index (κ1) is 16.8. The van der Waals surface area contributed by atoms with Gasteiger partial charge in [0, 0.05) is 39.8 Å². The van der Waals surface area contributed by atoms with E-state index in [2.05, 4.69) is 19.9 Å². The van der Waals surface area contributed by atoms with E-state index >= 15 is 0 Å². The standard InChI is InChI=1S/C16H26ClN3/c1-16(2,11-13-8-7-9-14(17)10-13)12-18-15(19(3)4)20(5)6/h7-10H,11-12H2,1-6H3. The molecule has 0 spiro atoms. The third-order valence-electron chi connectivity index (χ3n) is 3.02. The monoisotopic (exact) mass is 295 g/mol. The van der Waals surface area contributed by atoms with Crippen LogP contribution >= 0.6 is 11.6 Å². The van der Waals surface area contributed by atoms with Crippen molar-refractivity contribution in [2.75, 3.05) is 34.7 Å². The molecule has 0 fully saturated rings. The molecule has 1 aromatic rings. The summed E-state index contributed by atoms with van der Waals surface area (Å²) in [5.74, 6) is 0.990. The van der Waals surface area contributed by atoms with E-state index in [4.69, 9.17) is 16.6 Å². The summed E-state index contributed by atoms with van der Waals surface area (Å²) < 4.78 is 0. The number of benzene rings is 1. The number of rotatable bonds is 4. The van der Waals surface area contributed by atoms with Crippen LogP contribution < -0.4 is 0 Å². The van der Waals surface area contributed by atoms with Crippen LogP contribution in [0.3, 0.4) is 0 Å². The van der Waals surface area contributed by atoms with Crippen LogP contribution in [0.2, 0.25) is 5.02 Å². The minimum atomic E-state index is 0.0992. The second kappa shape index (κ2) is 6.98. The molecule has 0 aliphatic heterocycles. The van der Waals surface area contributed by atoms with Gasteiger partial charge < -0.3 is 9.80 Å². The van der Waals surface area contributed by atoms with E-state index in [0.717, 1.165) is 23.9 Å². The van der Waals surface area contributed by atoms with Crippen molar-refractivity contribution in [3.05, 3.63) is 34.9 Å². The summed E-state index contributed by atoms with van der Waals surface area (Å²) in [5.41, 5.74) is 1.36. The molecular formula is C16H26ClN3. The van der Waals surface area contributed by atoms with Crippen LogP contribution in [0.15, 0.2) is 29.3 Å². The summed E-state index contributed by atoms with van der Waals surface area (Å²) in [4.78, 5) is 8.82. The average Bonchev–Trinajstić information content (AvgIpc) is 2.26. The Morgan fingerprint density at radius 1 is 1.15 bits per heavy atom. The Labute approximate surface area is 128 Å². The smallest absolute Gasteiger partial charge is 0.195 e. The van der Waals surface area contributed by atoms with Crippen molar-refractivity contribution < 1.29 is 0 Å². The lowest BCUT2D eigenvalue weighted by Crippen LogP contribution is -2.36. The molecule has 0 aliphatic carbocycles. The molecular weight excluding hydrogens is 270 g/mol. The van der Waals surface area contributed by atoms with E-state index in [1.54, 1.807) is 0 Å². The maximum atomic E-state index is 6.04. The molecule has 0 heterocycles. The van der Waals surface area contributed by atoms with Gasteiger partial charge in [-0.2, -0.15) is 0 Å². The van der Waals surface area contributed by atoms with Gasteiger partial charge in [0.2, 0.25) is 0 Å². The molecule has 0 amide bonds. The van der Waals surface area contributed by atoms with Crippen LogP contribution in [0.5, 0.6) is 0 Å². The summed E-state index contributed by atoms with van der Waals surface area (Å²) >= 11 is 6.04. The van der Waals surface area contributed by atoms with Gasteiger partial charge in [0.15, 0.2) is 5.96 Å². The second-order valence-electron chi connectivity index (χ2n) is 6.38. The molecule has 0 N–H and O–H groups in total. The number of hydrogen-bond acceptors (Lipinski definition) is 1. The highest BCUT2D eigenvalue weighted by atomic mass is 35.5. The van der Waals surface area contributed by atoms with E-state index in [1.807, 2.05) is 56.2 Å². The zero-order valence-electron chi connectivity index (χ0n) is 13.4. The Bertz CT molecular complexity index is 455. The first-order valence-corrected chi connectivity index (χ1v) is 7.22. The average molecular weight is 296 g/mol. The van der Waals surface area contributed by atoms with Crippen molar-refractivity contribution in [2.45, 2.75) is 20.3 Å². The van der Waals surface area contributed by atoms with Gasteiger partial charge in [-0.25, -0.2) is 0 Å². The van der Waals surface area contributed by atoms with E-state index in [-0.39, 0.29) is 5.41 Å². The second-order valence-corrected chi connectivity index (χ2v) is 6.81. The molecule has 0 unspecified atom stereocenters. The lowest BCUT2D eigenvalue weighted by molar-refractivity contribution is 0.369. The minimum Gasteiger partial charge on any atom is -0.349 e. The fourth-order valence-corrected chi connectivity index (χ4v) is 2.44. The van der Waals surface area contributed by atoms with Gasteiger partial charge in [-0.1, -0.05) is 37.6 Å². The Kier molecular flexibility index (Phi) is 5.88. The number of nitrogens with zero attached hydrogens (tertiary/aromatic N) is 3. The van der Waals surface area contributed by atoms with E-state index < -0.39 is 0 Å². The van der Waals surface area contributed by atoms with Crippen molar-refractivity contribution in [1.82, 2.24) is 9.80 Å². The minimum absolute atomic E-state index is 0.0992. The molecule has 0 aromatic heterocycles. The number of hydrogen-bond donors (Lipinski definition) is 0. The summed E-state index contributed by atoms with van der Waals surface area (Å²) in [7, 11) is 8.07. The first-order chi connectivity index (χ1) is 9.21. The van der Waals surface area contributed by atoms with Crippen LogP contribution in [0.4, 0.5) is 0 Å². The van der Waals surface area contributed by atoms with Crippen LogP contribution in [0, 0.1) is 5.41 Å². The normalized spacial score (nSPS) is 11.2. The maximum Gasteiger partial charge on any atom is 0.195 e. The topological polar surface area (TPSA) is 18.8 Å². The van der Waals surface area contributed by atoms with E-state index in [9.17, 15) is 0 Å². The van der Waals surface area contributed by atoms with Gasteiger partial charge in [-0.05, 0) is 29.5 Å². The highest BCUT2D eigenvalue weighted by Crippen LogP contribution is 2.24. The third kappa shape index (κ3) is 5.41. The van der Waals surface area contributed by atoms with Gasteiger partial charge in [0.25, 0.3) is 0 Å². The molecule has 1 rings (SSSR count). The molecule has 3 nitrogen and oxygen atoms in total. The molecule has 0 saturated carbocycles. The molecule has 0 saturated heterocycles. The van der Waals surface area contributed by atoms with Crippen LogP contribution in [0.25, 0.3) is 0 Å². The van der Waals surface area contributed by atoms with Gasteiger partial charge in [-0.15, -0.1) is 0 Å². The predicted octanol–water partition coefficient (Wildman–Crippen LogP) is 3.39. The summed E-state index contributed by atoms with van der Waals surface area (Å²) in [6.07, 6.45) is 0.963. The van der Waals surface area contributed by atoms with Gasteiger partial charge >= 0.3 is 0 Å². The molecule has 112 valence electrons. The molecule has 0 atom stereocenters. The third-order valence-corrected chi connectivity index (χ3v) is 3.26. The molecule has 0 bridgehead atoms.